The third-order valence-corrected chi connectivity index (χ3v) is 3.83. The number of nitriles is 1. The summed E-state index contributed by atoms with van der Waals surface area (Å²) in [4.78, 5) is 2.33. The molecule has 0 heterocycles. The van der Waals surface area contributed by atoms with Gasteiger partial charge in [-0.05, 0) is 31.4 Å². The molecule has 2 rings (SSSR count). The largest absolute Gasteiger partial charge is 0.370 e. The zero-order valence-electron chi connectivity index (χ0n) is 10.7. The zero-order chi connectivity index (χ0) is 12.3. The summed E-state index contributed by atoms with van der Waals surface area (Å²) < 4.78 is 0. The topological polar surface area (TPSA) is 27.0 Å². The Balaban J connectivity index is 2.29. The molecular weight excluding hydrogens is 208 g/mol. The number of hydrogen-bond donors (Lipinski definition) is 0. The number of benzene rings is 1. The summed E-state index contributed by atoms with van der Waals surface area (Å²) in [7, 11) is 2.14. The molecule has 90 valence electrons. The molecule has 1 aromatic rings. The van der Waals surface area contributed by atoms with Gasteiger partial charge in [-0.25, -0.2) is 0 Å². The number of anilines is 1. The Kier molecular flexibility index (Phi) is 3.68. The third kappa shape index (κ3) is 2.44. The molecule has 2 nitrogen and oxygen atoms in total. The fourth-order valence-electron chi connectivity index (χ4n) is 2.87. The molecule has 0 aliphatic heterocycles. The molecule has 0 amide bonds. The highest BCUT2D eigenvalue weighted by Gasteiger charge is 2.21. The predicted octanol–water partition coefficient (Wildman–Crippen LogP) is 3.64. The molecule has 1 fully saturated rings. The van der Waals surface area contributed by atoms with Gasteiger partial charge in [0.1, 0.15) is 6.07 Å². The molecule has 0 atom stereocenters. The van der Waals surface area contributed by atoms with Gasteiger partial charge >= 0.3 is 0 Å². The molecule has 0 unspecified atom stereocenters. The van der Waals surface area contributed by atoms with Crippen LogP contribution in [-0.2, 0) is 0 Å². The van der Waals surface area contributed by atoms with E-state index in [9.17, 15) is 5.26 Å². The van der Waals surface area contributed by atoms with Crippen LogP contribution < -0.4 is 4.90 Å². The van der Waals surface area contributed by atoms with Gasteiger partial charge in [-0.3, -0.25) is 0 Å². The lowest BCUT2D eigenvalue weighted by atomic mass is 9.93. The van der Waals surface area contributed by atoms with Crippen molar-refractivity contribution in [1.82, 2.24) is 0 Å². The molecule has 2 heteroatoms. The normalized spacial score (nSPS) is 16.5. The molecule has 0 N–H and O–H groups in total. The van der Waals surface area contributed by atoms with Gasteiger partial charge in [0.25, 0.3) is 0 Å². The molecule has 0 spiro atoms. The molecule has 0 aromatic heterocycles. The maximum absolute atomic E-state index is 9.21. The Labute approximate surface area is 104 Å². The minimum atomic E-state index is 0.608. The maximum atomic E-state index is 9.21. The average Bonchev–Trinajstić information content (AvgIpc) is 2.38. The molecule has 0 saturated heterocycles. The fraction of sp³-hybridized carbons (Fsp3) is 0.533. The molecule has 0 radical (unpaired) electrons. The van der Waals surface area contributed by atoms with Crippen LogP contribution >= 0.6 is 0 Å². The molecular formula is C15H20N2. The number of hydrogen-bond acceptors (Lipinski definition) is 2. The van der Waals surface area contributed by atoms with Crippen molar-refractivity contribution in [3.8, 4) is 6.07 Å². The monoisotopic (exact) mass is 228 g/mol. The van der Waals surface area contributed by atoms with Gasteiger partial charge in [0.15, 0.2) is 0 Å². The summed E-state index contributed by atoms with van der Waals surface area (Å²) in [6, 6.07) is 8.90. The van der Waals surface area contributed by atoms with Crippen LogP contribution in [0.3, 0.4) is 0 Å². The summed E-state index contributed by atoms with van der Waals surface area (Å²) in [6.45, 7) is 2.09. The lowest BCUT2D eigenvalue weighted by molar-refractivity contribution is 0.427. The smallest absolute Gasteiger partial charge is 0.101 e. The van der Waals surface area contributed by atoms with E-state index in [0.29, 0.717) is 6.04 Å². The molecule has 1 aliphatic carbocycles. The van der Waals surface area contributed by atoms with Crippen molar-refractivity contribution < 1.29 is 0 Å². The van der Waals surface area contributed by atoms with Crippen LogP contribution in [0.1, 0.15) is 43.2 Å². The Hall–Kier alpha value is -1.49. The minimum absolute atomic E-state index is 0.608. The summed E-state index contributed by atoms with van der Waals surface area (Å²) in [5.74, 6) is 0. The van der Waals surface area contributed by atoms with E-state index in [2.05, 4.69) is 31.0 Å². The zero-order valence-corrected chi connectivity index (χ0v) is 10.7. The standard InChI is InChI=1S/C15H20N2/c1-12-7-6-8-13(11-16)15(12)17(2)14-9-4-3-5-10-14/h6-8,14H,3-5,9-10H2,1-2H3. The summed E-state index contributed by atoms with van der Waals surface area (Å²) >= 11 is 0. The Bertz CT molecular complexity index is 425. The third-order valence-electron chi connectivity index (χ3n) is 3.83. The van der Waals surface area contributed by atoms with Gasteiger partial charge in [-0.15, -0.1) is 0 Å². The van der Waals surface area contributed by atoms with Crippen LogP contribution in [0.4, 0.5) is 5.69 Å². The second-order valence-electron chi connectivity index (χ2n) is 4.99. The Morgan fingerprint density at radius 1 is 1.24 bits per heavy atom. The fourth-order valence-corrected chi connectivity index (χ4v) is 2.87. The van der Waals surface area contributed by atoms with Crippen molar-refractivity contribution >= 4 is 5.69 Å². The minimum Gasteiger partial charge on any atom is -0.370 e. The molecule has 0 bridgehead atoms. The van der Waals surface area contributed by atoms with Gasteiger partial charge in [0, 0.05) is 13.1 Å². The van der Waals surface area contributed by atoms with E-state index in [-0.39, 0.29) is 0 Å². The van der Waals surface area contributed by atoms with Gasteiger partial charge in [-0.1, -0.05) is 31.4 Å². The second-order valence-corrected chi connectivity index (χ2v) is 4.99. The highest BCUT2D eigenvalue weighted by Crippen LogP contribution is 2.30. The van der Waals surface area contributed by atoms with Crippen molar-refractivity contribution in [2.75, 3.05) is 11.9 Å². The van der Waals surface area contributed by atoms with Crippen LogP contribution in [0.2, 0.25) is 0 Å². The lowest BCUT2D eigenvalue weighted by Gasteiger charge is -2.34. The van der Waals surface area contributed by atoms with E-state index in [0.717, 1.165) is 11.3 Å². The molecule has 17 heavy (non-hydrogen) atoms. The predicted molar refractivity (Wildman–Crippen MR) is 71.2 cm³/mol. The number of rotatable bonds is 2. The van der Waals surface area contributed by atoms with E-state index in [4.69, 9.17) is 0 Å². The van der Waals surface area contributed by atoms with Crippen molar-refractivity contribution in [2.45, 2.75) is 45.1 Å². The quantitative estimate of drug-likeness (QED) is 0.772. The highest BCUT2D eigenvalue weighted by atomic mass is 15.1. The first-order valence-electron chi connectivity index (χ1n) is 6.46. The average molecular weight is 228 g/mol. The SMILES string of the molecule is Cc1cccc(C#N)c1N(C)C1CCCCC1. The van der Waals surface area contributed by atoms with E-state index in [1.54, 1.807) is 0 Å². The lowest BCUT2D eigenvalue weighted by Crippen LogP contribution is -2.34. The summed E-state index contributed by atoms with van der Waals surface area (Å²) in [5, 5.41) is 9.21. The van der Waals surface area contributed by atoms with Crippen LogP contribution in [0, 0.1) is 18.3 Å². The number of para-hydroxylation sites is 1. The maximum Gasteiger partial charge on any atom is 0.101 e. The molecule has 1 aliphatic rings. The summed E-state index contributed by atoms with van der Waals surface area (Å²) in [5.41, 5.74) is 3.14. The van der Waals surface area contributed by atoms with Crippen LogP contribution in [0.25, 0.3) is 0 Å². The van der Waals surface area contributed by atoms with Gasteiger partial charge in [-0.2, -0.15) is 5.26 Å². The highest BCUT2D eigenvalue weighted by molar-refractivity contribution is 5.64. The van der Waals surface area contributed by atoms with Crippen molar-refractivity contribution in [2.24, 2.45) is 0 Å². The van der Waals surface area contributed by atoms with Crippen molar-refractivity contribution in [3.05, 3.63) is 29.3 Å². The van der Waals surface area contributed by atoms with E-state index < -0.39 is 0 Å². The first kappa shape index (κ1) is 12.0. The molecule has 1 aromatic carbocycles. The Morgan fingerprint density at radius 2 is 1.94 bits per heavy atom. The van der Waals surface area contributed by atoms with Crippen LogP contribution in [0.5, 0.6) is 0 Å². The van der Waals surface area contributed by atoms with Crippen molar-refractivity contribution in [1.29, 1.82) is 5.26 Å². The molecule has 1 saturated carbocycles. The second kappa shape index (κ2) is 5.23. The van der Waals surface area contributed by atoms with Crippen molar-refractivity contribution in [3.63, 3.8) is 0 Å². The van der Waals surface area contributed by atoms with E-state index in [1.165, 1.54) is 37.7 Å². The summed E-state index contributed by atoms with van der Waals surface area (Å²) in [6.07, 6.45) is 6.53. The number of aryl methyl sites for hydroxylation is 1. The van der Waals surface area contributed by atoms with Crippen LogP contribution in [0.15, 0.2) is 18.2 Å². The van der Waals surface area contributed by atoms with Crippen LogP contribution in [-0.4, -0.2) is 13.1 Å². The first-order valence-corrected chi connectivity index (χ1v) is 6.46. The first-order chi connectivity index (χ1) is 8.24. The van der Waals surface area contributed by atoms with Gasteiger partial charge < -0.3 is 4.90 Å². The van der Waals surface area contributed by atoms with Gasteiger partial charge in [0.05, 0.1) is 11.3 Å². The Morgan fingerprint density at radius 3 is 2.59 bits per heavy atom. The number of nitrogens with zero attached hydrogens (tertiary/aromatic N) is 2. The van der Waals surface area contributed by atoms with Gasteiger partial charge in [0.2, 0.25) is 0 Å². The van der Waals surface area contributed by atoms with E-state index >= 15 is 0 Å². The van der Waals surface area contributed by atoms with E-state index in [1.807, 2.05) is 12.1 Å².